The normalized spacial score (nSPS) is 14.0. The topological polar surface area (TPSA) is 96.3 Å². The summed E-state index contributed by atoms with van der Waals surface area (Å²) in [4.78, 5) is 15.0. The second-order valence-corrected chi connectivity index (χ2v) is 15.8. The van der Waals surface area contributed by atoms with Crippen LogP contribution in [0.15, 0.2) is 76.3 Å². The molecule has 0 spiro atoms. The molecule has 5 aromatic rings. The van der Waals surface area contributed by atoms with Gasteiger partial charge in [-0.25, -0.2) is 22.8 Å². The standard InChI is InChI=1S/C33H26Cl2F3N5O3S3/c34-23-11-14-27(26(35)19-23)43-31(28-15-13-24(48-28)12-8-21-6-9-22(10-7-21)33(36,37)38)25(20-39-49(45,46)29-5-4-18-47-29)30(40-43)32(44)41-42-16-2-1-3-17-42/h4-7,9-11,13-15,18-19,39H,1-3,16-17,20H2,(H,41,44). The zero-order valence-corrected chi connectivity index (χ0v) is 29.3. The van der Waals surface area contributed by atoms with Crippen molar-refractivity contribution in [2.45, 2.75) is 36.2 Å². The molecule has 16 heteroatoms. The van der Waals surface area contributed by atoms with Gasteiger partial charge in [0, 0.05) is 35.8 Å². The summed E-state index contributed by atoms with van der Waals surface area (Å²) in [6.45, 7) is 1.04. The highest BCUT2D eigenvalue weighted by Gasteiger charge is 2.31. The highest BCUT2D eigenvalue weighted by atomic mass is 35.5. The molecule has 1 aliphatic rings. The zero-order chi connectivity index (χ0) is 34.8. The van der Waals surface area contributed by atoms with Crippen molar-refractivity contribution < 1.29 is 26.4 Å². The summed E-state index contributed by atoms with van der Waals surface area (Å²) in [5.74, 6) is 5.35. The van der Waals surface area contributed by atoms with Gasteiger partial charge in [-0.05, 0) is 78.9 Å². The Morgan fingerprint density at radius 3 is 2.41 bits per heavy atom. The minimum atomic E-state index is -4.45. The number of aromatic nitrogens is 2. The van der Waals surface area contributed by atoms with Crippen LogP contribution in [0.25, 0.3) is 16.3 Å². The third-order valence-electron chi connectivity index (χ3n) is 7.53. The molecule has 1 saturated heterocycles. The molecule has 3 aromatic heterocycles. The van der Waals surface area contributed by atoms with Crippen LogP contribution < -0.4 is 10.1 Å². The quantitative estimate of drug-likeness (QED) is 0.156. The molecule has 8 nitrogen and oxygen atoms in total. The Labute approximate surface area is 298 Å². The van der Waals surface area contributed by atoms with E-state index in [2.05, 4.69) is 22.0 Å². The zero-order valence-electron chi connectivity index (χ0n) is 25.4. The molecule has 1 amide bonds. The van der Waals surface area contributed by atoms with Crippen LogP contribution in [0.3, 0.4) is 0 Å². The summed E-state index contributed by atoms with van der Waals surface area (Å²) in [6, 6.07) is 15.9. The first-order valence-electron chi connectivity index (χ1n) is 14.8. The van der Waals surface area contributed by atoms with E-state index >= 15 is 0 Å². The summed E-state index contributed by atoms with van der Waals surface area (Å²) in [5.41, 5.74) is 3.62. The van der Waals surface area contributed by atoms with Crippen molar-refractivity contribution in [1.82, 2.24) is 24.9 Å². The molecule has 2 aromatic carbocycles. The lowest BCUT2D eigenvalue weighted by Gasteiger charge is -2.26. The molecular weight excluding hydrogens is 738 g/mol. The fraction of sp³-hybridized carbons (Fsp3) is 0.212. The molecule has 6 rings (SSSR count). The van der Waals surface area contributed by atoms with E-state index in [9.17, 15) is 26.4 Å². The molecule has 1 aliphatic heterocycles. The molecule has 0 atom stereocenters. The third kappa shape index (κ3) is 8.21. The van der Waals surface area contributed by atoms with Crippen LogP contribution in [0, 0.1) is 11.8 Å². The van der Waals surface area contributed by atoms with Gasteiger partial charge in [0.25, 0.3) is 5.91 Å². The average molecular weight is 765 g/mol. The highest BCUT2D eigenvalue weighted by molar-refractivity contribution is 7.91. The Kier molecular flexibility index (Phi) is 10.5. The van der Waals surface area contributed by atoms with E-state index in [0.717, 1.165) is 42.7 Å². The van der Waals surface area contributed by atoms with E-state index in [1.54, 1.807) is 35.7 Å². The number of benzene rings is 2. The molecular formula is C33H26Cl2F3N5O3S3. The number of halogens is 5. The maximum atomic E-state index is 13.9. The van der Waals surface area contributed by atoms with Crippen molar-refractivity contribution in [2.24, 2.45) is 0 Å². The summed E-state index contributed by atoms with van der Waals surface area (Å²) in [7, 11) is -3.94. The van der Waals surface area contributed by atoms with E-state index in [1.165, 1.54) is 40.3 Å². The molecule has 49 heavy (non-hydrogen) atoms. The Morgan fingerprint density at radius 2 is 1.73 bits per heavy atom. The van der Waals surface area contributed by atoms with Crippen LogP contribution in [0.4, 0.5) is 13.2 Å². The number of amides is 1. The Hall–Kier alpha value is -3.68. The van der Waals surface area contributed by atoms with Crippen molar-refractivity contribution in [3.05, 3.63) is 109 Å². The first-order chi connectivity index (χ1) is 23.4. The number of piperidine rings is 1. The van der Waals surface area contributed by atoms with Crippen LogP contribution in [0.5, 0.6) is 0 Å². The van der Waals surface area contributed by atoms with Gasteiger partial charge in [-0.2, -0.15) is 18.3 Å². The fourth-order valence-corrected chi connectivity index (χ4v) is 8.59. The number of rotatable bonds is 8. The van der Waals surface area contributed by atoms with Gasteiger partial charge in [0.1, 0.15) is 4.21 Å². The first kappa shape index (κ1) is 35.2. The van der Waals surface area contributed by atoms with E-state index in [0.29, 0.717) is 50.4 Å². The van der Waals surface area contributed by atoms with Gasteiger partial charge < -0.3 is 0 Å². The highest BCUT2D eigenvalue weighted by Crippen LogP contribution is 2.37. The minimum absolute atomic E-state index is 0.00809. The van der Waals surface area contributed by atoms with E-state index < -0.39 is 27.7 Å². The van der Waals surface area contributed by atoms with Crippen molar-refractivity contribution in [3.63, 3.8) is 0 Å². The third-order valence-corrected chi connectivity index (χ3v) is 11.9. The molecule has 0 unspecified atom stereocenters. The van der Waals surface area contributed by atoms with Crippen molar-refractivity contribution in [1.29, 1.82) is 0 Å². The summed E-state index contributed by atoms with van der Waals surface area (Å²) >= 11 is 15.1. The number of thiophene rings is 2. The van der Waals surface area contributed by atoms with Crippen LogP contribution in [-0.2, 0) is 22.7 Å². The Bertz CT molecular complexity index is 2150. The number of hydrogen-bond acceptors (Lipinski definition) is 7. The van der Waals surface area contributed by atoms with Crippen LogP contribution >= 0.6 is 45.9 Å². The molecule has 0 saturated carbocycles. The number of sulfonamides is 1. The molecule has 0 aliphatic carbocycles. The van der Waals surface area contributed by atoms with Gasteiger partial charge in [0.15, 0.2) is 5.69 Å². The molecule has 2 N–H and O–H groups in total. The van der Waals surface area contributed by atoms with Gasteiger partial charge in [-0.3, -0.25) is 10.2 Å². The van der Waals surface area contributed by atoms with Crippen LogP contribution in [0.2, 0.25) is 10.0 Å². The summed E-state index contributed by atoms with van der Waals surface area (Å²) in [5, 5.41) is 8.79. The smallest absolute Gasteiger partial charge is 0.283 e. The van der Waals surface area contributed by atoms with Crippen molar-refractivity contribution in [2.75, 3.05) is 13.1 Å². The lowest BCUT2D eigenvalue weighted by Crippen LogP contribution is -2.45. The molecule has 0 bridgehead atoms. The number of nitrogens with zero attached hydrogens (tertiary/aromatic N) is 3. The molecule has 254 valence electrons. The lowest BCUT2D eigenvalue weighted by atomic mass is 10.1. The monoisotopic (exact) mass is 763 g/mol. The van der Waals surface area contributed by atoms with Crippen molar-refractivity contribution in [3.8, 4) is 28.1 Å². The predicted molar refractivity (Wildman–Crippen MR) is 186 cm³/mol. The van der Waals surface area contributed by atoms with E-state index in [1.807, 2.05) is 5.01 Å². The summed E-state index contributed by atoms with van der Waals surface area (Å²) < 4.78 is 69.7. The average Bonchev–Trinajstić information content (AvgIpc) is 3.84. The van der Waals surface area contributed by atoms with Gasteiger partial charge in [0.2, 0.25) is 10.0 Å². The second kappa shape index (κ2) is 14.7. The van der Waals surface area contributed by atoms with Crippen LogP contribution in [-0.4, -0.2) is 42.2 Å². The predicted octanol–water partition coefficient (Wildman–Crippen LogP) is 8.00. The number of carbonyl (C=O) groups is 1. The maximum Gasteiger partial charge on any atom is 0.416 e. The number of hydrazine groups is 1. The van der Waals surface area contributed by atoms with Crippen LogP contribution in [0.1, 0.15) is 51.3 Å². The number of hydrogen-bond donors (Lipinski definition) is 2. The number of alkyl halides is 3. The molecule has 0 radical (unpaired) electrons. The fourth-order valence-electron chi connectivity index (χ4n) is 5.15. The van der Waals surface area contributed by atoms with Crippen molar-refractivity contribution >= 4 is 61.8 Å². The number of carbonyl (C=O) groups excluding carboxylic acids is 1. The van der Waals surface area contributed by atoms with Gasteiger partial charge >= 0.3 is 6.18 Å². The maximum absolute atomic E-state index is 13.9. The SMILES string of the molecule is O=C(NN1CCCCC1)c1nn(-c2ccc(Cl)cc2Cl)c(-c2ccc(C#Cc3ccc(C(F)(F)F)cc3)s2)c1CNS(=O)(=O)c1cccs1. The summed E-state index contributed by atoms with van der Waals surface area (Å²) in [6.07, 6.45) is -1.57. The lowest BCUT2D eigenvalue weighted by molar-refractivity contribution is -0.137. The number of nitrogens with one attached hydrogen (secondary N) is 2. The second-order valence-electron chi connectivity index (χ2n) is 10.9. The first-order valence-corrected chi connectivity index (χ1v) is 18.8. The van der Waals surface area contributed by atoms with Gasteiger partial charge in [0.05, 0.1) is 31.7 Å². The minimum Gasteiger partial charge on any atom is -0.283 e. The Balaban J connectivity index is 1.44. The molecule has 4 heterocycles. The Morgan fingerprint density at radius 1 is 0.980 bits per heavy atom. The van der Waals surface area contributed by atoms with Gasteiger partial charge in [-0.1, -0.05) is 47.5 Å². The van der Waals surface area contributed by atoms with E-state index in [4.69, 9.17) is 28.3 Å². The van der Waals surface area contributed by atoms with Gasteiger partial charge in [-0.15, -0.1) is 22.7 Å². The molecule has 1 fully saturated rings. The largest absolute Gasteiger partial charge is 0.416 e. The van der Waals surface area contributed by atoms with E-state index in [-0.39, 0.29) is 21.5 Å².